The number of carbonyl (C=O) groups excluding carboxylic acids is 3. The van der Waals surface area contributed by atoms with E-state index in [1.807, 2.05) is 13.8 Å². The SMILES string of the molecule is CCOC(=O)c1nc(CCF)n(CC(=O)c2ccc(OCC(C)C)cc2)c(=O)c1C(=O)OCC. The van der Waals surface area contributed by atoms with Crippen LogP contribution in [0.3, 0.4) is 0 Å². The Morgan fingerprint density at radius 2 is 1.65 bits per heavy atom. The van der Waals surface area contributed by atoms with E-state index in [2.05, 4.69) is 4.98 Å². The number of aromatic nitrogens is 2. The van der Waals surface area contributed by atoms with Gasteiger partial charge in [0, 0.05) is 12.0 Å². The first kappa shape index (κ1) is 26.7. The third-order valence-electron chi connectivity index (χ3n) is 4.58. The number of rotatable bonds is 12. The van der Waals surface area contributed by atoms with Crippen LogP contribution < -0.4 is 10.3 Å². The number of benzene rings is 1. The average Bonchev–Trinajstić information content (AvgIpc) is 2.80. The van der Waals surface area contributed by atoms with Gasteiger partial charge in [0.2, 0.25) is 0 Å². The van der Waals surface area contributed by atoms with E-state index in [1.165, 1.54) is 6.92 Å². The molecule has 0 radical (unpaired) electrons. The predicted molar refractivity (Wildman–Crippen MR) is 121 cm³/mol. The van der Waals surface area contributed by atoms with E-state index in [0.29, 0.717) is 18.3 Å². The summed E-state index contributed by atoms with van der Waals surface area (Å²) in [6.45, 7) is 6.12. The van der Waals surface area contributed by atoms with Crippen LogP contribution in [0.15, 0.2) is 29.1 Å². The van der Waals surface area contributed by atoms with Gasteiger partial charge in [0.1, 0.15) is 11.6 Å². The molecule has 0 aliphatic heterocycles. The summed E-state index contributed by atoms with van der Waals surface area (Å²) in [5, 5.41) is 0. The van der Waals surface area contributed by atoms with E-state index in [0.717, 1.165) is 4.57 Å². The minimum atomic E-state index is -1.08. The van der Waals surface area contributed by atoms with Gasteiger partial charge in [-0.3, -0.25) is 18.5 Å². The molecule has 0 fully saturated rings. The van der Waals surface area contributed by atoms with Crippen molar-refractivity contribution >= 4 is 17.7 Å². The van der Waals surface area contributed by atoms with Gasteiger partial charge in [0.05, 0.1) is 33.0 Å². The second-order valence-electron chi connectivity index (χ2n) is 7.68. The third kappa shape index (κ3) is 6.72. The predicted octanol–water partition coefficient (Wildman–Crippen LogP) is 3.03. The van der Waals surface area contributed by atoms with Crippen molar-refractivity contribution in [3.63, 3.8) is 0 Å². The van der Waals surface area contributed by atoms with Crippen LogP contribution in [0.5, 0.6) is 5.75 Å². The molecular weight excluding hydrogens is 447 g/mol. The summed E-state index contributed by atoms with van der Waals surface area (Å²) in [5.74, 6) is -1.81. The Balaban J connectivity index is 2.47. The zero-order valence-corrected chi connectivity index (χ0v) is 19.8. The van der Waals surface area contributed by atoms with Crippen LogP contribution in [0.1, 0.15) is 64.7 Å². The summed E-state index contributed by atoms with van der Waals surface area (Å²) in [4.78, 5) is 54.9. The van der Waals surface area contributed by atoms with Gasteiger partial charge in [0.15, 0.2) is 17.0 Å². The molecule has 184 valence electrons. The lowest BCUT2D eigenvalue weighted by Crippen LogP contribution is -2.36. The zero-order valence-electron chi connectivity index (χ0n) is 19.8. The van der Waals surface area contributed by atoms with Gasteiger partial charge in [-0.2, -0.15) is 0 Å². The van der Waals surface area contributed by atoms with Crippen molar-refractivity contribution in [2.24, 2.45) is 5.92 Å². The van der Waals surface area contributed by atoms with Crippen molar-refractivity contribution < 1.29 is 33.0 Å². The fourth-order valence-corrected chi connectivity index (χ4v) is 3.01. The third-order valence-corrected chi connectivity index (χ3v) is 4.58. The van der Waals surface area contributed by atoms with E-state index in [4.69, 9.17) is 14.2 Å². The highest BCUT2D eigenvalue weighted by Crippen LogP contribution is 2.15. The number of Topliss-reactive ketones (excluding diaryl/α,β-unsaturated/α-hetero) is 1. The van der Waals surface area contributed by atoms with E-state index in [9.17, 15) is 23.6 Å². The molecule has 0 bridgehead atoms. The Labute approximate surface area is 196 Å². The van der Waals surface area contributed by atoms with E-state index >= 15 is 0 Å². The Kier molecular flexibility index (Phi) is 9.91. The van der Waals surface area contributed by atoms with Crippen LogP contribution >= 0.6 is 0 Å². The highest BCUT2D eigenvalue weighted by atomic mass is 19.1. The first-order valence-corrected chi connectivity index (χ1v) is 11.0. The molecule has 0 aliphatic carbocycles. The number of hydrogen-bond acceptors (Lipinski definition) is 8. The molecule has 2 rings (SSSR count). The standard InChI is InChI=1S/C24H29FN2O7/c1-5-32-23(30)20-21(24(31)33-6-2)26-19(11-12-25)27(22(20)29)13-18(28)16-7-9-17(10-8-16)34-14-15(3)4/h7-10,15H,5-6,11-14H2,1-4H3. The number of alkyl halides is 1. The second kappa shape index (κ2) is 12.6. The lowest BCUT2D eigenvalue weighted by atomic mass is 10.1. The van der Waals surface area contributed by atoms with E-state index < -0.39 is 47.8 Å². The zero-order chi connectivity index (χ0) is 25.3. The monoisotopic (exact) mass is 476 g/mol. The maximum atomic E-state index is 13.2. The lowest BCUT2D eigenvalue weighted by molar-refractivity contribution is 0.0469. The summed E-state index contributed by atoms with van der Waals surface area (Å²) < 4.78 is 29.5. The van der Waals surface area contributed by atoms with E-state index in [-0.39, 0.29) is 31.0 Å². The molecule has 0 saturated carbocycles. The summed E-state index contributed by atoms with van der Waals surface area (Å²) in [6.07, 6.45) is -0.347. The van der Waals surface area contributed by atoms with Crippen molar-refractivity contribution in [2.45, 2.75) is 40.7 Å². The number of ether oxygens (including phenoxy) is 3. The number of halogens is 1. The highest BCUT2D eigenvalue weighted by Gasteiger charge is 2.29. The number of aryl methyl sites for hydroxylation is 1. The molecule has 0 amide bonds. The first-order valence-electron chi connectivity index (χ1n) is 11.0. The smallest absolute Gasteiger partial charge is 0.358 e. The topological polar surface area (TPSA) is 114 Å². The largest absolute Gasteiger partial charge is 0.493 e. The summed E-state index contributed by atoms with van der Waals surface area (Å²) in [5.41, 5.74) is -1.93. The highest BCUT2D eigenvalue weighted by molar-refractivity contribution is 6.01. The molecule has 10 heteroatoms. The molecule has 1 aromatic heterocycles. The minimum Gasteiger partial charge on any atom is -0.493 e. The maximum absolute atomic E-state index is 13.2. The molecule has 0 N–H and O–H groups in total. The number of ketones is 1. The molecule has 0 atom stereocenters. The van der Waals surface area contributed by atoms with Gasteiger partial charge in [-0.1, -0.05) is 13.8 Å². The van der Waals surface area contributed by atoms with Crippen molar-refractivity contribution in [3.05, 3.63) is 57.3 Å². The molecule has 1 heterocycles. The first-order chi connectivity index (χ1) is 16.2. The molecule has 2 aromatic rings. The Morgan fingerprint density at radius 3 is 2.21 bits per heavy atom. The lowest BCUT2D eigenvalue weighted by Gasteiger charge is -2.15. The Hall–Kier alpha value is -3.56. The van der Waals surface area contributed by atoms with Gasteiger partial charge < -0.3 is 14.2 Å². The molecule has 0 spiro atoms. The molecular formula is C24H29FN2O7. The summed E-state index contributed by atoms with van der Waals surface area (Å²) >= 11 is 0. The fraction of sp³-hybridized carbons (Fsp3) is 0.458. The maximum Gasteiger partial charge on any atom is 0.358 e. The van der Waals surface area contributed by atoms with Crippen molar-refractivity contribution in [2.75, 3.05) is 26.5 Å². The van der Waals surface area contributed by atoms with Crippen LogP contribution in [-0.4, -0.2) is 53.8 Å². The molecule has 0 aliphatic rings. The van der Waals surface area contributed by atoms with Crippen LogP contribution in [0.25, 0.3) is 0 Å². The number of esters is 2. The summed E-state index contributed by atoms with van der Waals surface area (Å²) in [7, 11) is 0. The van der Waals surface area contributed by atoms with E-state index in [1.54, 1.807) is 31.2 Å². The molecule has 34 heavy (non-hydrogen) atoms. The molecule has 9 nitrogen and oxygen atoms in total. The van der Waals surface area contributed by atoms with Gasteiger partial charge >= 0.3 is 11.9 Å². The Morgan fingerprint density at radius 1 is 1.03 bits per heavy atom. The molecule has 1 aromatic carbocycles. The average molecular weight is 477 g/mol. The van der Waals surface area contributed by atoms with Crippen LogP contribution in [0.2, 0.25) is 0 Å². The quantitative estimate of drug-likeness (QED) is 0.339. The minimum absolute atomic E-state index is 0.0281. The van der Waals surface area contributed by atoms with Crippen molar-refractivity contribution in [1.82, 2.24) is 9.55 Å². The molecule has 0 saturated heterocycles. The van der Waals surface area contributed by atoms with Gasteiger partial charge in [-0.15, -0.1) is 0 Å². The van der Waals surface area contributed by atoms with Crippen LogP contribution in [0, 0.1) is 5.92 Å². The van der Waals surface area contributed by atoms with Crippen LogP contribution in [0.4, 0.5) is 4.39 Å². The van der Waals surface area contributed by atoms with Crippen LogP contribution in [-0.2, 0) is 22.4 Å². The van der Waals surface area contributed by atoms with Crippen molar-refractivity contribution in [1.29, 1.82) is 0 Å². The number of carbonyl (C=O) groups is 3. The van der Waals surface area contributed by atoms with Gasteiger partial charge in [-0.05, 0) is 44.0 Å². The summed E-state index contributed by atoms with van der Waals surface area (Å²) in [6, 6.07) is 6.36. The fourth-order valence-electron chi connectivity index (χ4n) is 3.01. The Bertz CT molecular complexity index is 1080. The number of hydrogen-bond donors (Lipinski definition) is 0. The normalized spacial score (nSPS) is 10.8. The number of nitrogens with zero attached hydrogens (tertiary/aromatic N) is 2. The molecule has 0 unspecified atom stereocenters. The second-order valence-corrected chi connectivity index (χ2v) is 7.68. The van der Waals surface area contributed by atoms with Gasteiger partial charge in [0.25, 0.3) is 5.56 Å². The van der Waals surface area contributed by atoms with Crippen molar-refractivity contribution in [3.8, 4) is 5.75 Å². The van der Waals surface area contributed by atoms with Gasteiger partial charge in [-0.25, -0.2) is 14.6 Å².